The second kappa shape index (κ2) is 13.9. The standard InChI is InChI=1S/C38H45F3N4O7S/c1-24-7-10-28(11-8-24)53(49,50)45-18-15-29-31(22-42(6)34(46)33(29)45)30-19-25(37(4,5)48)9-12-32(30)52-36(2,3)23-43-20-27(21-43)51-26-13-16-44(17-14-26)35(47)38(39,40)41/h7-12,15,18-19,22,26-27,48H,13-14,16-17,20-21,23H2,1-6H3. The van der Waals surface area contributed by atoms with E-state index in [1.165, 1.54) is 22.9 Å². The van der Waals surface area contributed by atoms with Crippen LogP contribution < -0.4 is 10.3 Å². The van der Waals surface area contributed by atoms with E-state index in [2.05, 4.69) is 4.90 Å². The van der Waals surface area contributed by atoms with Crippen LogP contribution in [0.25, 0.3) is 22.0 Å². The zero-order chi connectivity index (χ0) is 38.7. The number of carbonyl (C=O) groups is 1. The number of nitrogens with zero attached hydrogens (tertiary/aromatic N) is 4. The van der Waals surface area contributed by atoms with Crippen molar-refractivity contribution in [1.29, 1.82) is 0 Å². The smallest absolute Gasteiger partial charge is 0.471 e. The van der Waals surface area contributed by atoms with Crippen LogP contribution >= 0.6 is 0 Å². The molecular weight excluding hydrogens is 714 g/mol. The van der Waals surface area contributed by atoms with Crippen LogP contribution in [-0.2, 0) is 32.2 Å². The lowest BCUT2D eigenvalue weighted by molar-refractivity contribution is -0.188. The summed E-state index contributed by atoms with van der Waals surface area (Å²) in [7, 11) is -2.57. The highest BCUT2D eigenvalue weighted by atomic mass is 32.2. The van der Waals surface area contributed by atoms with Crippen LogP contribution in [0.15, 0.2) is 70.6 Å². The van der Waals surface area contributed by atoms with Gasteiger partial charge in [0.05, 0.1) is 22.7 Å². The molecule has 11 nitrogen and oxygen atoms in total. The van der Waals surface area contributed by atoms with E-state index in [0.29, 0.717) is 60.3 Å². The Morgan fingerprint density at radius 1 is 0.943 bits per heavy atom. The molecule has 0 saturated carbocycles. The molecule has 2 saturated heterocycles. The first kappa shape index (κ1) is 38.5. The fourth-order valence-corrected chi connectivity index (χ4v) is 8.38. The quantitative estimate of drug-likeness (QED) is 0.235. The van der Waals surface area contributed by atoms with Crippen molar-refractivity contribution in [1.82, 2.24) is 18.3 Å². The molecule has 2 aliphatic heterocycles. The molecule has 0 radical (unpaired) electrons. The first-order valence-corrected chi connectivity index (χ1v) is 18.9. The summed E-state index contributed by atoms with van der Waals surface area (Å²) >= 11 is 0. The number of ether oxygens (including phenoxy) is 2. The largest absolute Gasteiger partial charge is 0.486 e. The molecule has 2 aromatic heterocycles. The number of piperidine rings is 1. The number of hydrogen-bond acceptors (Lipinski definition) is 8. The van der Waals surface area contributed by atoms with E-state index in [1.807, 2.05) is 20.8 Å². The molecule has 286 valence electrons. The lowest BCUT2D eigenvalue weighted by atomic mass is 9.93. The van der Waals surface area contributed by atoms with Crippen LogP contribution in [0, 0.1) is 6.92 Å². The van der Waals surface area contributed by atoms with Crippen LogP contribution in [-0.4, -0.2) is 94.5 Å². The Morgan fingerprint density at radius 3 is 2.19 bits per heavy atom. The maximum Gasteiger partial charge on any atom is 0.471 e. The van der Waals surface area contributed by atoms with Gasteiger partial charge in [0.25, 0.3) is 15.6 Å². The van der Waals surface area contributed by atoms with Gasteiger partial charge in [0.2, 0.25) is 0 Å². The summed E-state index contributed by atoms with van der Waals surface area (Å²) in [6.07, 6.45) is -1.49. The van der Waals surface area contributed by atoms with Crippen molar-refractivity contribution in [2.75, 3.05) is 32.7 Å². The Hall–Kier alpha value is -4.18. The van der Waals surface area contributed by atoms with Crippen molar-refractivity contribution in [2.45, 2.75) is 81.9 Å². The van der Waals surface area contributed by atoms with E-state index < -0.39 is 38.9 Å². The lowest BCUT2D eigenvalue weighted by Gasteiger charge is -2.45. The number of aryl methyl sites for hydroxylation is 2. The predicted molar refractivity (Wildman–Crippen MR) is 193 cm³/mol. The number of amides is 1. The number of hydrogen-bond donors (Lipinski definition) is 1. The zero-order valence-corrected chi connectivity index (χ0v) is 31.4. The molecular formula is C38H45F3N4O7S. The molecule has 4 heterocycles. The number of rotatable bonds is 10. The van der Waals surface area contributed by atoms with Gasteiger partial charge in [0.15, 0.2) is 0 Å². The minimum Gasteiger partial charge on any atom is -0.486 e. The summed E-state index contributed by atoms with van der Waals surface area (Å²) in [4.78, 5) is 28.2. The van der Waals surface area contributed by atoms with E-state index >= 15 is 0 Å². The van der Waals surface area contributed by atoms with Gasteiger partial charge in [0.1, 0.15) is 16.9 Å². The minimum absolute atomic E-state index is 0.00403. The second-order valence-electron chi connectivity index (χ2n) is 15.2. The monoisotopic (exact) mass is 758 g/mol. The number of aromatic nitrogens is 2. The van der Waals surface area contributed by atoms with Gasteiger partial charge in [-0.15, -0.1) is 0 Å². The molecule has 6 rings (SSSR count). The lowest BCUT2D eigenvalue weighted by Crippen LogP contribution is -2.58. The van der Waals surface area contributed by atoms with Crippen molar-refractivity contribution < 1.29 is 41.0 Å². The Morgan fingerprint density at radius 2 is 1.58 bits per heavy atom. The first-order valence-electron chi connectivity index (χ1n) is 17.5. The Bertz CT molecular complexity index is 2170. The molecule has 2 aromatic carbocycles. The number of pyridine rings is 1. The summed E-state index contributed by atoms with van der Waals surface area (Å²) < 4.78 is 81.2. The normalized spacial score (nSPS) is 17.0. The van der Waals surface area contributed by atoms with Crippen LogP contribution in [0.4, 0.5) is 13.2 Å². The van der Waals surface area contributed by atoms with E-state index in [1.54, 1.807) is 63.5 Å². The Labute approximate surface area is 306 Å². The SMILES string of the molecule is Cc1ccc(S(=O)(=O)n2ccc3c(-c4cc(C(C)(C)O)ccc4OC(C)(C)CN4CC(OC5CCN(C(=O)C(F)(F)F)CC5)C4)cn(C)c(=O)c32)cc1. The summed E-state index contributed by atoms with van der Waals surface area (Å²) in [5, 5.41) is 11.4. The minimum atomic E-state index is -4.88. The van der Waals surface area contributed by atoms with Gasteiger partial charge in [-0.1, -0.05) is 23.8 Å². The predicted octanol–water partition coefficient (Wildman–Crippen LogP) is 5.19. The van der Waals surface area contributed by atoms with Crippen molar-refractivity contribution >= 4 is 26.8 Å². The third-order valence-corrected chi connectivity index (χ3v) is 11.5. The van der Waals surface area contributed by atoms with Gasteiger partial charge in [-0.05, 0) is 83.4 Å². The van der Waals surface area contributed by atoms with Crippen molar-refractivity contribution in [3.8, 4) is 16.9 Å². The van der Waals surface area contributed by atoms with Crippen molar-refractivity contribution in [3.05, 3.63) is 82.4 Å². The highest BCUT2D eigenvalue weighted by Crippen LogP contribution is 2.40. The second-order valence-corrected chi connectivity index (χ2v) is 17.0. The van der Waals surface area contributed by atoms with Crippen LogP contribution in [0.5, 0.6) is 5.75 Å². The number of benzene rings is 2. The van der Waals surface area contributed by atoms with Gasteiger partial charge < -0.3 is 24.0 Å². The summed E-state index contributed by atoms with van der Waals surface area (Å²) in [6.45, 7) is 10.8. The number of alkyl halides is 3. The highest BCUT2D eigenvalue weighted by Gasteiger charge is 2.44. The molecule has 53 heavy (non-hydrogen) atoms. The topological polar surface area (TPSA) is 123 Å². The molecule has 1 N–H and O–H groups in total. The van der Waals surface area contributed by atoms with Crippen LogP contribution in [0.3, 0.4) is 0 Å². The third kappa shape index (κ3) is 8.03. The Balaban J connectivity index is 1.23. The average Bonchev–Trinajstić information content (AvgIpc) is 3.51. The molecule has 0 aliphatic carbocycles. The van der Waals surface area contributed by atoms with E-state index in [9.17, 15) is 36.3 Å². The zero-order valence-electron chi connectivity index (χ0n) is 30.6. The molecule has 15 heteroatoms. The number of carbonyl (C=O) groups excluding carboxylic acids is 1. The summed E-state index contributed by atoms with van der Waals surface area (Å²) in [5.41, 5.74) is 0.0868. The molecule has 2 fully saturated rings. The van der Waals surface area contributed by atoms with Gasteiger partial charge in [-0.2, -0.15) is 13.2 Å². The number of fused-ring (bicyclic) bond motifs is 1. The van der Waals surface area contributed by atoms with E-state index in [0.717, 1.165) is 14.4 Å². The van der Waals surface area contributed by atoms with E-state index in [-0.39, 0.29) is 35.7 Å². The van der Waals surface area contributed by atoms with Crippen molar-refractivity contribution in [3.63, 3.8) is 0 Å². The molecule has 0 atom stereocenters. The van der Waals surface area contributed by atoms with Crippen LogP contribution in [0.2, 0.25) is 0 Å². The number of likely N-dealkylation sites (tertiary alicyclic amines) is 2. The summed E-state index contributed by atoms with van der Waals surface area (Å²) in [6, 6.07) is 13.3. The molecule has 4 aromatic rings. The maximum atomic E-state index is 13.8. The molecule has 0 bridgehead atoms. The van der Waals surface area contributed by atoms with Crippen molar-refractivity contribution in [2.24, 2.45) is 7.05 Å². The average molecular weight is 759 g/mol. The van der Waals surface area contributed by atoms with Gasteiger partial charge in [-0.3, -0.25) is 14.5 Å². The van der Waals surface area contributed by atoms with Gasteiger partial charge >= 0.3 is 12.1 Å². The van der Waals surface area contributed by atoms with E-state index in [4.69, 9.17) is 9.47 Å². The molecule has 0 spiro atoms. The third-order valence-electron chi connectivity index (χ3n) is 9.81. The molecule has 2 aliphatic rings. The highest BCUT2D eigenvalue weighted by molar-refractivity contribution is 7.90. The molecule has 0 unspecified atom stereocenters. The van der Waals surface area contributed by atoms with Gasteiger partial charge in [0, 0.05) is 68.7 Å². The fraction of sp³-hybridized carbons (Fsp3) is 0.474. The van der Waals surface area contributed by atoms with Gasteiger partial charge in [-0.25, -0.2) is 12.4 Å². The number of aliphatic hydroxyl groups is 1. The summed E-state index contributed by atoms with van der Waals surface area (Å²) in [5.74, 6) is -1.35. The number of halogens is 3. The van der Waals surface area contributed by atoms with Crippen LogP contribution in [0.1, 0.15) is 51.7 Å². The fourth-order valence-electron chi connectivity index (χ4n) is 7.03. The maximum absolute atomic E-state index is 13.8. The first-order chi connectivity index (χ1) is 24.6. The molecule has 1 amide bonds. The Kier molecular flexibility index (Phi) is 10.1.